The SMILES string of the molecule is CNCCC1=NCCN1C(=O)C(C)C(C)C. The lowest BCUT2D eigenvalue weighted by Crippen LogP contribution is -2.40. The molecule has 0 aromatic carbocycles. The molecule has 1 aliphatic heterocycles. The van der Waals surface area contributed by atoms with Crippen LogP contribution in [0.3, 0.4) is 0 Å². The van der Waals surface area contributed by atoms with E-state index in [2.05, 4.69) is 24.2 Å². The fourth-order valence-corrected chi connectivity index (χ4v) is 1.71. The molecule has 0 aliphatic carbocycles. The van der Waals surface area contributed by atoms with E-state index < -0.39 is 0 Å². The summed E-state index contributed by atoms with van der Waals surface area (Å²) in [7, 11) is 1.92. The zero-order valence-electron chi connectivity index (χ0n) is 10.8. The molecule has 92 valence electrons. The first-order valence-electron chi connectivity index (χ1n) is 6.07. The maximum absolute atomic E-state index is 12.2. The van der Waals surface area contributed by atoms with Crippen LogP contribution in [0.1, 0.15) is 27.2 Å². The van der Waals surface area contributed by atoms with E-state index in [0.717, 1.165) is 31.9 Å². The van der Waals surface area contributed by atoms with Crippen LogP contribution in [0.15, 0.2) is 4.99 Å². The molecular weight excluding hydrogens is 202 g/mol. The van der Waals surface area contributed by atoms with Crippen molar-refractivity contribution in [3.8, 4) is 0 Å². The van der Waals surface area contributed by atoms with Crippen LogP contribution in [-0.2, 0) is 4.79 Å². The quantitative estimate of drug-likeness (QED) is 0.762. The Hall–Kier alpha value is -0.900. The average Bonchev–Trinajstić information content (AvgIpc) is 2.72. The summed E-state index contributed by atoms with van der Waals surface area (Å²) in [6.07, 6.45) is 0.840. The van der Waals surface area contributed by atoms with Crippen molar-refractivity contribution >= 4 is 11.7 Å². The summed E-state index contributed by atoms with van der Waals surface area (Å²) in [4.78, 5) is 18.4. The van der Waals surface area contributed by atoms with Crippen molar-refractivity contribution in [2.45, 2.75) is 27.2 Å². The summed E-state index contributed by atoms with van der Waals surface area (Å²) >= 11 is 0. The molecule has 0 aromatic rings. The Labute approximate surface area is 98.1 Å². The third kappa shape index (κ3) is 3.04. The van der Waals surface area contributed by atoms with Gasteiger partial charge in [0.15, 0.2) is 0 Å². The number of hydrogen-bond donors (Lipinski definition) is 1. The molecule has 1 unspecified atom stereocenters. The summed E-state index contributed by atoms with van der Waals surface area (Å²) < 4.78 is 0. The van der Waals surface area contributed by atoms with Gasteiger partial charge in [0, 0.05) is 25.4 Å². The molecule has 1 N–H and O–H groups in total. The molecule has 0 fully saturated rings. The van der Waals surface area contributed by atoms with E-state index in [4.69, 9.17) is 0 Å². The van der Waals surface area contributed by atoms with E-state index in [1.807, 2.05) is 18.9 Å². The summed E-state index contributed by atoms with van der Waals surface area (Å²) in [5.41, 5.74) is 0. The Kier molecular flexibility index (Phi) is 4.93. The maximum atomic E-state index is 12.2. The summed E-state index contributed by atoms with van der Waals surface area (Å²) in [5.74, 6) is 1.64. The van der Waals surface area contributed by atoms with Gasteiger partial charge in [-0.15, -0.1) is 0 Å². The second-order valence-corrected chi connectivity index (χ2v) is 4.67. The van der Waals surface area contributed by atoms with Crippen molar-refractivity contribution < 1.29 is 4.79 Å². The standard InChI is InChI=1S/C12H23N3O/c1-9(2)10(3)12(16)15-8-7-14-11(15)5-6-13-4/h9-10,13H,5-8H2,1-4H3. The van der Waals surface area contributed by atoms with Crippen LogP contribution < -0.4 is 5.32 Å². The highest BCUT2D eigenvalue weighted by Gasteiger charge is 2.28. The largest absolute Gasteiger partial charge is 0.319 e. The minimum atomic E-state index is 0.0814. The van der Waals surface area contributed by atoms with Gasteiger partial charge in [-0.2, -0.15) is 0 Å². The normalized spacial score (nSPS) is 17.8. The van der Waals surface area contributed by atoms with Crippen molar-refractivity contribution in [1.29, 1.82) is 0 Å². The molecule has 0 saturated heterocycles. The average molecular weight is 225 g/mol. The number of carbonyl (C=O) groups excluding carboxylic acids is 1. The van der Waals surface area contributed by atoms with Crippen LogP contribution >= 0.6 is 0 Å². The summed E-state index contributed by atoms with van der Waals surface area (Å²) in [6.45, 7) is 8.57. The predicted octanol–water partition coefficient (Wildman–Crippen LogP) is 1.13. The molecular formula is C12H23N3O. The molecule has 1 aliphatic rings. The number of carbonyl (C=O) groups is 1. The molecule has 4 heteroatoms. The Morgan fingerprint density at radius 3 is 2.75 bits per heavy atom. The van der Waals surface area contributed by atoms with E-state index in [1.54, 1.807) is 0 Å². The molecule has 0 aromatic heterocycles. The summed E-state index contributed by atoms with van der Waals surface area (Å²) in [6, 6.07) is 0. The van der Waals surface area contributed by atoms with E-state index in [-0.39, 0.29) is 11.8 Å². The van der Waals surface area contributed by atoms with Crippen molar-refractivity contribution in [3.05, 3.63) is 0 Å². The van der Waals surface area contributed by atoms with Gasteiger partial charge in [-0.3, -0.25) is 14.7 Å². The molecule has 0 bridgehead atoms. The van der Waals surface area contributed by atoms with Gasteiger partial charge in [0.2, 0.25) is 5.91 Å². The Morgan fingerprint density at radius 1 is 1.50 bits per heavy atom. The van der Waals surface area contributed by atoms with Gasteiger partial charge < -0.3 is 5.32 Å². The van der Waals surface area contributed by atoms with Crippen LogP contribution in [0, 0.1) is 11.8 Å². The number of amides is 1. The summed E-state index contributed by atoms with van der Waals surface area (Å²) in [5, 5.41) is 3.09. The van der Waals surface area contributed by atoms with Gasteiger partial charge in [-0.25, -0.2) is 0 Å². The predicted molar refractivity (Wildman–Crippen MR) is 66.6 cm³/mol. The first-order valence-corrected chi connectivity index (χ1v) is 6.07. The van der Waals surface area contributed by atoms with E-state index >= 15 is 0 Å². The molecule has 1 heterocycles. The van der Waals surface area contributed by atoms with Gasteiger partial charge in [-0.05, 0) is 13.0 Å². The van der Waals surface area contributed by atoms with Crippen molar-refractivity contribution in [1.82, 2.24) is 10.2 Å². The monoisotopic (exact) mass is 225 g/mol. The third-order valence-corrected chi connectivity index (χ3v) is 3.18. The zero-order chi connectivity index (χ0) is 12.1. The van der Waals surface area contributed by atoms with E-state index in [0.29, 0.717) is 5.92 Å². The second-order valence-electron chi connectivity index (χ2n) is 4.67. The number of nitrogens with zero attached hydrogens (tertiary/aromatic N) is 2. The lowest BCUT2D eigenvalue weighted by atomic mass is 9.96. The van der Waals surface area contributed by atoms with Crippen molar-refractivity contribution in [2.24, 2.45) is 16.8 Å². The minimum Gasteiger partial charge on any atom is -0.319 e. The lowest BCUT2D eigenvalue weighted by Gasteiger charge is -2.24. The Balaban J connectivity index is 2.59. The van der Waals surface area contributed by atoms with Gasteiger partial charge in [0.25, 0.3) is 0 Å². The van der Waals surface area contributed by atoms with Crippen LogP contribution in [0.2, 0.25) is 0 Å². The highest BCUT2D eigenvalue weighted by molar-refractivity contribution is 6.00. The third-order valence-electron chi connectivity index (χ3n) is 3.18. The first kappa shape index (κ1) is 13.2. The smallest absolute Gasteiger partial charge is 0.231 e. The van der Waals surface area contributed by atoms with Gasteiger partial charge >= 0.3 is 0 Å². The highest BCUT2D eigenvalue weighted by atomic mass is 16.2. The molecule has 4 nitrogen and oxygen atoms in total. The van der Waals surface area contributed by atoms with Crippen LogP contribution in [0.25, 0.3) is 0 Å². The number of aliphatic imine (C=N–C) groups is 1. The topological polar surface area (TPSA) is 44.7 Å². The number of rotatable bonds is 5. The first-order chi connectivity index (χ1) is 7.57. The van der Waals surface area contributed by atoms with E-state index in [9.17, 15) is 4.79 Å². The Morgan fingerprint density at radius 2 is 2.19 bits per heavy atom. The number of nitrogens with one attached hydrogen (secondary N) is 1. The zero-order valence-corrected chi connectivity index (χ0v) is 10.8. The van der Waals surface area contributed by atoms with Crippen molar-refractivity contribution in [3.63, 3.8) is 0 Å². The van der Waals surface area contributed by atoms with Crippen molar-refractivity contribution in [2.75, 3.05) is 26.7 Å². The van der Waals surface area contributed by atoms with Crippen LogP contribution in [0.4, 0.5) is 0 Å². The molecule has 1 atom stereocenters. The molecule has 1 amide bonds. The fourth-order valence-electron chi connectivity index (χ4n) is 1.71. The molecule has 0 saturated carbocycles. The van der Waals surface area contributed by atoms with Crippen LogP contribution in [0.5, 0.6) is 0 Å². The fraction of sp³-hybridized carbons (Fsp3) is 0.833. The number of hydrogen-bond acceptors (Lipinski definition) is 3. The minimum absolute atomic E-state index is 0.0814. The molecule has 0 radical (unpaired) electrons. The highest BCUT2D eigenvalue weighted by Crippen LogP contribution is 2.16. The van der Waals surface area contributed by atoms with Gasteiger partial charge in [0.05, 0.1) is 6.54 Å². The lowest BCUT2D eigenvalue weighted by molar-refractivity contribution is -0.132. The second kappa shape index (κ2) is 5.99. The number of amidine groups is 1. The van der Waals surface area contributed by atoms with Gasteiger partial charge in [0.1, 0.15) is 5.84 Å². The van der Waals surface area contributed by atoms with Gasteiger partial charge in [-0.1, -0.05) is 20.8 Å². The van der Waals surface area contributed by atoms with Crippen LogP contribution in [-0.4, -0.2) is 43.3 Å². The van der Waals surface area contributed by atoms with E-state index in [1.165, 1.54) is 0 Å². The maximum Gasteiger partial charge on any atom is 0.231 e. The molecule has 1 rings (SSSR count). The molecule has 0 spiro atoms. The Bertz CT molecular complexity index is 273. The molecule has 16 heavy (non-hydrogen) atoms.